The Labute approximate surface area is 109 Å². The summed E-state index contributed by atoms with van der Waals surface area (Å²) in [4.78, 5) is 15.8. The lowest BCUT2D eigenvalue weighted by Gasteiger charge is -2.42. The van der Waals surface area contributed by atoms with E-state index in [1.165, 1.54) is 0 Å². The highest BCUT2D eigenvalue weighted by atomic mass is 16.5. The summed E-state index contributed by atoms with van der Waals surface area (Å²) in [6.07, 6.45) is 0. The highest BCUT2D eigenvalue weighted by Gasteiger charge is 2.39. The lowest BCUT2D eigenvalue weighted by Crippen LogP contribution is -2.52. The van der Waals surface area contributed by atoms with E-state index >= 15 is 0 Å². The summed E-state index contributed by atoms with van der Waals surface area (Å²) in [5, 5.41) is 9.44. The maximum Gasteiger partial charge on any atom is 0.417 e. The molecule has 2 heterocycles. The molecule has 1 fully saturated rings. The Hall–Kier alpha value is -1.79. The Kier molecular flexibility index (Phi) is 2.83. The van der Waals surface area contributed by atoms with E-state index in [-0.39, 0.29) is 12.0 Å². The summed E-state index contributed by atoms with van der Waals surface area (Å²) in [6.45, 7) is 1.97. The first kappa shape index (κ1) is 12.3. The SMILES string of the molecule is CN(CC1(CO)COC1)c1ccc2[nH]c(=O)oc2c1. The fourth-order valence-electron chi connectivity index (χ4n) is 2.39. The van der Waals surface area contributed by atoms with Crippen molar-refractivity contribution in [2.24, 2.45) is 5.41 Å². The molecular weight excluding hydrogens is 248 g/mol. The molecule has 6 nitrogen and oxygen atoms in total. The van der Waals surface area contributed by atoms with Crippen molar-refractivity contribution in [2.75, 3.05) is 38.3 Å². The first-order chi connectivity index (χ1) is 9.12. The van der Waals surface area contributed by atoms with E-state index in [1.807, 2.05) is 30.1 Å². The molecule has 2 aromatic rings. The first-order valence-electron chi connectivity index (χ1n) is 6.15. The fraction of sp³-hybridized carbons (Fsp3) is 0.462. The number of rotatable bonds is 4. The number of fused-ring (bicyclic) bond motifs is 1. The normalized spacial score (nSPS) is 17.4. The summed E-state index contributed by atoms with van der Waals surface area (Å²) in [6, 6.07) is 5.55. The molecule has 0 atom stereocenters. The van der Waals surface area contributed by atoms with Crippen LogP contribution in [-0.2, 0) is 4.74 Å². The maximum atomic E-state index is 11.1. The molecule has 1 aliphatic rings. The van der Waals surface area contributed by atoms with Crippen LogP contribution in [0.4, 0.5) is 5.69 Å². The van der Waals surface area contributed by atoms with Crippen LogP contribution in [0, 0.1) is 5.41 Å². The van der Waals surface area contributed by atoms with Crippen LogP contribution in [0.5, 0.6) is 0 Å². The zero-order valence-corrected chi connectivity index (χ0v) is 10.7. The maximum absolute atomic E-state index is 11.1. The van der Waals surface area contributed by atoms with Gasteiger partial charge in [-0.25, -0.2) is 4.79 Å². The van der Waals surface area contributed by atoms with Crippen molar-refractivity contribution in [3.05, 3.63) is 28.7 Å². The minimum absolute atomic E-state index is 0.110. The predicted octanol–water partition coefficient (Wildman–Crippen LogP) is 0.566. The second-order valence-electron chi connectivity index (χ2n) is 5.20. The van der Waals surface area contributed by atoms with Gasteiger partial charge in [0.1, 0.15) is 0 Å². The Morgan fingerprint density at radius 2 is 2.26 bits per heavy atom. The zero-order chi connectivity index (χ0) is 13.5. The number of ether oxygens (including phenoxy) is 1. The van der Waals surface area contributed by atoms with E-state index in [9.17, 15) is 9.90 Å². The number of aliphatic hydroxyl groups excluding tert-OH is 1. The van der Waals surface area contributed by atoms with Crippen LogP contribution < -0.4 is 10.7 Å². The van der Waals surface area contributed by atoms with E-state index in [2.05, 4.69) is 4.98 Å². The molecule has 0 amide bonds. The average Bonchev–Trinajstić information content (AvgIpc) is 2.72. The van der Waals surface area contributed by atoms with Crippen LogP contribution in [-0.4, -0.2) is 43.5 Å². The fourth-order valence-corrected chi connectivity index (χ4v) is 2.39. The molecule has 0 bridgehead atoms. The van der Waals surface area contributed by atoms with Crippen LogP contribution in [0.15, 0.2) is 27.4 Å². The number of benzene rings is 1. The Bertz CT molecular complexity index is 636. The number of anilines is 1. The molecule has 102 valence electrons. The number of H-pyrrole nitrogens is 1. The lowest BCUT2D eigenvalue weighted by molar-refractivity contribution is -0.130. The third kappa shape index (κ3) is 2.13. The molecule has 1 aliphatic heterocycles. The number of aromatic amines is 1. The van der Waals surface area contributed by atoms with Crippen molar-refractivity contribution in [1.29, 1.82) is 0 Å². The summed E-state index contributed by atoms with van der Waals surface area (Å²) >= 11 is 0. The average molecular weight is 264 g/mol. The van der Waals surface area contributed by atoms with Gasteiger partial charge in [-0.05, 0) is 12.1 Å². The highest BCUT2D eigenvalue weighted by Crippen LogP contribution is 2.30. The molecule has 19 heavy (non-hydrogen) atoms. The van der Waals surface area contributed by atoms with Gasteiger partial charge in [-0.2, -0.15) is 0 Å². The van der Waals surface area contributed by atoms with E-state index in [0.29, 0.717) is 30.9 Å². The summed E-state index contributed by atoms with van der Waals surface area (Å²) in [7, 11) is 1.95. The van der Waals surface area contributed by atoms with Crippen LogP contribution in [0.25, 0.3) is 11.1 Å². The van der Waals surface area contributed by atoms with E-state index in [0.717, 1.165) is 5.69 Å². The number of nitrogens with one attached hydrogen (secondary N) is 1. The van der Waals surface area contributed by atoms with Crippen molar-refractivity contribution in [1.82, 2.24) is 4.98 Å². The zero-order valence-electron chi connectivity index (χ0n) is 10.7. The van der Waals surface area contributed by atoms with Gasteiger partial charge in [-0.15, -0.1) is 0 Å². The van der Waals surface area contributed by atoms with Gasteiger partial charge in [0, 0.05) is 25.3 Å². The van der Waals surface area contributed by atoms with E-state index in [4.69, 9.17) is 9.15 Å². The van der Waals surface area contributed by atoms with Crippen molar-refractivity contribution in [3.8, 4) is 0 Å². The van der Waals surface area contributed by atoms with Crippen molar-refractivity contribution >= 4 is 16.8 Å². The van der Waals surface area contributed by atoms with Crippen LogP contribution in [0.2, 0.25) is 0 Å². The molecule has 0 saturated carbocycles. The quantitative estimate of drug-likeness (QED) is 0.844. The molecule has 1 saturated heterocycles. The topological polar surface area (TPSA) is 78.7 Å². The summed E-state index contributed by atoms with van der Waals surface area (Å²) in [5.41, 5.74) is 1.99. The third-order valence-corrected chi connectivity index (χ3v) is 3.57. The molecule has 1 aromatic carbocycles. The van der Waals surface area contributed by atoms with Gasteiger partial charge in [0.05, 0.1) is 30.8 Å². The lowest BCUT2D eigenvalue weighted by atomic mass is 9.86. The molecule has 0 spiro atoms. The molecule has 0 unspecified atom stereocenters. The Morgan fingerprint density at radius 1 is 1.47 bits per heavy atom. The van der Waals surface area contributed by atoms with Crippen molar-refractivity contribution in [2.45, 2.75) is 0 Å². The molecule has 6 heteroatoms. The number of nitrogens with zero attached hydrogens (tertiary/aromatic N) is 1. The number of hydrogen-bond donors (Lipinski definition) is 2. The second kappa shape index (κ2) is 4.40. The second-order valence-corrected chi connectivity index (χ2v) is 5.20. The predicted molar refractivity (Wildman–Crippen MR) is 70.4 cm³/mol. The molecule has 0 radical (unpaired) electrons. The standard InChI is InChI=1S/C13H16N2O4/c1-15(5-13(6-16)7-18-8-13)9-2-3-10-11(4-9)19-12(17)14-10/h2-4,16H,5-8H2,1H3,(H,14,17). The Morgan fingerprint density at radius 3 is 2.89 bits per heavy atom. The number of aromatic nitrogens is 1. The molecule has 2 N–H and O–H groups in total. The van der Waals surface area contributed by atoms with E-state index < -0.39 is 5.76 Å². The monoisotopic (exact) mass is 264 g/mol. The number of oxazole rings is 1. The van der Waals surface area contributed by atoms with Crippen molar-refractivity contribution in [3.63, 3.8) is 0 Å². The summed E-state index contributed by atoms with van der Waals surface area (Å²) < 4.78 is 10.2. The van der Waals surface area contributed by atoms with Crippen LogP contribution in [0.1, 0.15) is 0 Å². The van der Waals surface area contributed by atoms with Gasteiger partial charge >= 0.3 is 5.76 Å². The highest BCUT2D eigenvalue weighted by molar-refractivity contribution is 5.77. The van der Waals surface area contributed by atoms with Gasteiger partial charge in [-0.3, -0.25) is 4.98 Å². The number of aliphatic hydroxyl groups is 1. The van der Waals surface area contributed by atoms with E-state index in [1.54, 1.807) is 0 Å². The molecular formula is C13H16N2O4. The minimum Gasteiger partial charge on any atom is -0.408 e. The molecule has 1 aromatic heterocycles. The summed E-state index contributed by atoms with van der Waals surface area (Å²) in [5.74, 6) is -0.450. The van der Waals surface area contributed by atoms with Crippen molar-refractivity contribution < 1.29 is 14.3 Å². The minimum atomic E-state index is -0.450. The van der Waals surface area contributed by atoms with Gasteiger partial charge in [-0.1, -0.05) is 0 Å². The largest absolute Gasteiger partial charge is 0.417 e. The third-order valence-electron chi connectivity index (χ3n) is 3.57. The molecule has 0 aliphatic carbocycles. The van der Waals surface area contributed by atoms with Gasteiger partial charge in [0.25, 0.3) is 0 Å². The van der Waals surface area contributed by atoms with Crippen LogP contribution in [0.3, 0.4) is 0 Å². The Balaban J connectivity index is 1.84. The van der Waals surface area contributed by atoms with Gasteiger partial charge < -0.3 is 19.2 Å². The molecule has 3 rings (SSSR count). The smallest absolute Gasteiger partial charge is 0.408 e. The van der Waals surface area contributed by atoms with Crippen LogP contribution >= 0.6 is 0 Å². The first-order valence-corrected chi connectivity index (χ1v) is 6.15. The number of hydrogen-bond acceptors (Lipinski definition) is 5. The van der Waals surface area contributed by atoms with Gasteiger partial charge in [0.2, 0.25) is 0 Å². The van der Waals surface area contributed by atoms with Gasteiger partial charge in [0.15, 0.2) is 5.58 Å².